The molecule has 2 N–H and O–H groups in total. The molecule has 2 heterocycles. The predicted octanol–water partition coefficient (Wildman–Crippen LogP) is 7.61. The molecule has 0 saturated heterocycles. The van der Waals surface area contributed by atoms with E-state index < -0.39 is 0 Å². The highest BCUT2D eigenvalue weighted by Crippen LogP contribution is 2.37. The van der Waals surface area contributed by atoms with E-state index in [9.17, 15) is 4.79 Å². The molecule has 0 aliphatic rings. The van der Waals surface area contributed by atoms with E-state index in [1.807, 2.05) is 85.8 Å². The summed E-state index contributed by atoms with van der Waals surface area (Å²) >= 11 is 1.58. The van der Waals surface area contributed by atoms with Crippen molar-refractivity contribution in [2.24, 2.45) is 0 Å². The Morgan fingerprint density at radius 1 is 0.923 bits per heavy atom. The third-order valence-electron chi connectivity index (χ3n) is 6.20. The molecule has 39 heavy (non-hydrogen) atoms. The second kappa shape index (κ2) is 11.5. The number of benzene rings is 3. The van der Waals surface area contributed by atoms with Crippen LogP contribution in [-0.2, 0) is 0 Å². The van der Waals surface area contributed by atoms with E-state index >= 15 is 0 Å². The summed E-state index contributed by atoms with van der Waals surface area (Å²) in [6.45, 7) is 6.22. The summed E-state index contributed by atoms with van der Waals surface area (Å²) in [5.41, 5.74) is 4.74. The topological polar surface area (TPSA) is 89.0 Å². The number of nitrogens with one attached hydrogen (secondary N) is 2. The molecule has 0 radical (unpaired) electrons. The van der Waals surface area contributed by atoms with Gasteiger partial charge in [-0.15, -0.1) is 0 Å². The van der Waals surface area contributed by atoms with E-state index in [1.165, 1.54) is 6.33 Å². The zero-order valence-electron chi connectivity index (χ0n) is 22.2. The number of ether oxygens (including phenoxy) is 1. The lowest BCUT2D eigenvalue weighted by molar-refractivity contribution is 0.102. The first-order valence-corrected chi connectivity index (χ1v) is 13.4. The molecule has 8 heteroatoms. The molecule has 3 aromatic carbocycles. The lowest BCUT2D eigenvalue weighted by Gasteiger charge is -2.15. The van der Waals surface area contributed by atoms with E-state index in [1.54, 1.807) is 18.9 Å². The van der Waals surface area contributed by atoms with Crippen molar-refractivity contribution in [3.8, 4) is 5.75 Å². The van der Waals surface area contributed by atoms with E-state index in [4.69, 9.17) is 9.72 Å². The van der Waals surface area contributed by atoms with E-state index in [0.29, 0.717) is 17.0 Å². The second-order valence-electron chi connectivity index (χ2n) is 9.42. The molecule has 0 saturated carbocycles. The minimum absolute atomic E-state index is 0.196. The average Bonchev–Trinajstić information content (AvgIpc) is 2.95. The van der Waals surface area contributed by atoms with Gasteiger partial charge in [-0.2, -0.15) is 0 Å². The third kappa shape index (κ3) is 6.18. The number of methoxy groups -OCH3 is 1. The lowest BCUT2D eigenvalue weighted by atomic mass is 10.1. The van der Waals surface area contributed by atoms with Crippen molar-refractivity contribution in [2.45, 2.75) is 36.5 Å². The molecule has 0 fully saturated rings. The van der Waals surface area contributed by atoms with Crippen molar-refractivity contribution in [3.63, 3.8) is 0 Å². The highest BCUT2D eigenvalue weighted by molar-refractivity contribution is 7.99. The zero-order chi connectivity index (χ0) is 27.4. The van der Waals surface area contributed by atoms with Crippen molar-refractivity contribution < 1.29 is 9.53 Å². The molecule has 5 aromatic rings. The first-order chi connectivity index (χ1) is 18.9. The Hall–Kier alpha value is -4.43. The molecule has 0 aliphatic heterocycles. The Labute approximate surface area is 232 Å². The maximum atomic E-state index is 13.2. The summed E-state index contributed by atoms with van der Waals surface area (Å²) in [5.74, 6) is 1.51. The van der Waals surface area contributed by atoms with Crippen LogP contribution in [0.3, 0.4) is 0 Å². The zero-order valence-corrected chi connectivity index (χ0v) is 23.0. The van der Waals surface area contributed by atoms with Gasteiger partial charge in [0.15, 0.2) is 5.65 Å². The van der Waals surface area contributed by atoms with Gasteiger partial charge in [-0.25, -0.2) is 15.0 Å². The number of fused-ring (bicyclic) bond motifs is 1. The standard InChI is InChI=1S/C31H29N5O2S/c1-19(2)26-15-14-25-29(35-26)32-18-33-30(25)36-27-17-21(31(37)34-22-8-5-20(3)6-9-22)7-16-28(27)39-24-12-10-23(38-4)11-13-24/h5-19H,1-4H3,(H,34,37)(H,32,33,35,36). The van der Waals surface area contributed by atoms with Crippen molar-refractivity contribution in [2.75, 3.05) is 17.7 Å². The van der Waals surface area contributed by atoms with Gasteiger partial charge in [0.2, 0.25) is 0 Å². The summed E-state index contributed by atoms with van der Waals surface area (Å²) in [4.78, 5) is 28.7. The van der Waals surface area contributed by atoms with Gasteiger partial charge in [0.05, 0.1) is 18.2 Å². The van der Waals surface area contributed by atoms with Gasteiger partial charge in [-0.1, -0.05) is 43.3 Å². The van der Waals surface area contributed by atoms with Crippen molar-refractivity contribution in [1.82, 2.24) is 15.0 Å². The van der Waals surface area contributed by atoms with Crippen LogP contribution in [0.25, 0.3) is 11.0 Å². The van der Waals surface area contributed by atoms with Crippen molar-refractivity contribution in [3.05, 3.63) is 102 Å². The average molecular weight is 536 g/mol. The van der Waals surface area contributed by atoms with Crippen molar-refractivity contribution >= 4 is 45.9 Å². The normalized spacial score (nSPS) is 11.0. The van der Waals surface area contributed by atoms with Crippen LogP contribution < -0.4 is 15.4 Å². The highest BCUT2D eigenvalue weighted by Gasteiger charge is 2.15. The van der Waals surface area contributed by atoms with Crippen LogP contribution in [0.2, 0.25) is 0 Å². The van der Waals surface area contributed by atoms with E-state index in [0.717, 1.165) is 43.6 Å². The predicted molar refractivity (Wildman–Crippen MR) is 157 cm³/mol. The van der Waals surface area contributed by atoms with Gasteiger partial charge in [-0.05, 0) is 79.6 Å². The van der Waals surface area contributed by atoms with Gasteiger partial charge in [-0.3, -0.25) is 4.79 Å². The van der Waals surface area contributed by atoms with Crippen LogP contribution in [0.1, 0.15) is 41.4 Å². The maximum absolute atomic E-state index is 13.2. The van der Waals surface area contributed by atoms with E-state index in [-0.39, 0.29) is 11.8 Å². The number of pyridine rings is 1. The summed E-state index contributed by atoms with van der Waals surface area (Å²) in [7, 11) is 1.65. The monoisotopic (exact) mass is 535 g/mol. The third-order valence-corrected chi connectivity index (χ3v) is 7.29. The fourth-order valence-electron chi connectivity index (χ4n) is 3.97. The molecular formula is C31H29N5O2S. The van der Waals surface area contributed by atoms with E-state index in [2.05, 4.69) is 34.4 Å². The number of hydrogen-bond donors (Lipinski definition) is 2. The Morgan fingerprint density at radius 2 is 1.69 bits per heavy atom. The fraction of sp³-hybridized carbons (Fsp3) is 0.161. The number of anilines is 3. The summed E-state index contributed by atoms with van der Waals surface area (Å²) < 4.78 is 5.30. The molecule has 7 nitrogen and oxygen atoms in total. The number of rotatable bonds is 8. The maximum Gasteiger partial charge on any atom is 0.255 e. The van der Waals surface area contributed by atoms with Crippen LogP contribution in [0.5, 0.6) is 5.75 Å². The second-order valence-corrected chi connectivity index (χ2v) is 10.5. The first kappa shape index (κ1) is 26.2. The molecule has 0 bridgehead atoms. The number of amides is 1. The molecule has 5 rings (SSSR count). The molecule has 0 aliphatic carbocycles. The molecule has 1 amide bonds. The molecule has 0 atom stereocenters. The summed E-state index contributed by atoms with van der Waals surface area (Å²) in [6, 6.07) is 25.2. The number of aryl methyl sites for hydroxylation is 1. The lowest BCUT2D eigenvalue weighted by Crippen LogP contribution is -2.12. The smallest absolute Gasteiger partial charge is 0.255 e. The first-order valence-electron chi connectivity index (χ1n) is 12.6. The van der Waals surface area contributed by atoms with Gasteiger partial charge in [0.1, 0.15) is 17.9 Å². The number of aromatic nitrogens is 3. The quantitative estimate of drug-likeness (QED) is 0.211. The van der Waals surface area contributed by atoms with Gasteiger partial charge in [0, 0.05) is 26.7 Å². The van der Waals surface area contributed by atoms with Gasteiger partial charge >= 0.3 is 0 Å². The number of hydrogen-bond acceptors (Lipinski definition) is 7. The molecule has 196 valence electrons. The fourth-order valence-corrected chi connectivity index (χ4v) is 4.86. The van der Waals surface area contributed by atoms with Crippen molar-refractivity contribution in [1.29, 1.82) is 0 Å². The molecule has 0 spiro atoms. The summed E-state index contributed by atoms with van der Waals surface area (Å²) in [5, 5.41) is 7.24. The summed E-state index contributed by atoms with van der Waals surface area (Å²) in [6.07, 6.45) is 1.51. The SMILES string of the molecule is COc1ccc(Sc2ccc(C(=O)Nc3ccc(C)cc3)cc2Nc2ncnc3nc(C(C)C)ccc23)cc1. The molecule has 2 aromatic heterocycles. The van der Waals surface area contributed by atoms with Crippen LogP contribution in [0, 0.1) is 6.92 Å². The highest BCUT2D eigenvalue weighted by atomic mass is 32.2. The largest absolute Gasteiger partial charge is 0.497 e. The Morgan fingerprint density at radius 3 is 2.41 bits per heavy atom. The molecular weight excluding hydrogens is 506 g/mol. The van der Waals surface area contributed by atoms with Gasteiger partial charge in [0.25, 0.3) is 5.91 Å². The van der Waals surface area contributed by atoms with Crippen LogP contribution >= 0.6 is 11.8 Å². The minimum atomic E-state index is -0.196. The molecule has 0 unspecified atom stereocenters. The van der Waals surface area contributed by atoms with Crippen LogP contribution in [-0.4, -0.2) is 28.0 Å². The Balaban J connectivity index is 1.50. The minimum Gasteiger partial charge on any atom is -0.497 e. The number of carbonyl (C=O) groups is 1. The number of nitrogens with zero attached hydrogens (tertiary/aromatic N) is 3. The van der Waals surface area contributed by atoms with Crippen LogP contribution in [0.4, 0.5) is 17.2 Å². The Kier molecular flexibility index (Phi) is 7.74. The van der Waals surface area contributed by atoms with Gasteiger partial charge < -0.3 is 15.4 Å². The van der Waals surface area contributed by atoms with Crippen LogP contribution in [0.15, 0.2) is 95.0 Å². The Bertz CT molecular complexity index is 1620. The number of carbonyl (C=O) groups excluding carboxylic acids is 1.